The van der Waals surface area contributed by atoms with Gasteiger partial charge in [-0.3, -0.25) is 4.90 Å². The van der Waals surface area contributed by atoms with Gasteiger partial charge < -0.3 is 5.73 Å². The van der Waals surface area contributed by atoms with Crippen LogP contribution in [0.4, 0.5) is 8.78 Å². The Morgan fingerprint density at radius 2 is 2.10 bits per heavy atom. The predicted molar refractivity (Wildman–Crippen MR) is 77.4 cm³/mol. The Morgan fingerprint density at radius 1 is 1.30 bits per heavy atom. The molecule has 1 fully saturated rings. The molecule has 0 bridgehead atoms. The number of benzene rings is 1. The number of nitrogens with two attached hydrogens (primary N) is 1. The number of nitrogens with zero attached hydrogens (tertiary/aromatic N) is 1. The molecule has 1 aliphatic rings. The second-order valence-electron chi connectivity index (χ2n) is 5.66. The van der Waals surface area contributed by atoms with Gasteiger partial charge in [0.1, 0.15) is 0 Å². The molecule has 112 valence electrons. The first-order valence-electron chi connectivity index (χ1n) is 7.57. The maximum absolute atomic E-state index is 13.8. The first-order chi connectivity index (χ1) is 9.63. The summed E-state index contributed by atoms with van der Waals surface area (Å²) in [6, 6.07) is 4.28. The van der Waals surface area contributed by atoms with Gasteiger partial charge in [0.05, 0.1) is 0 Å². The number of rotatable bonds is 4. The zero-order valence-corrected chi connectivity index (χ0v) is 12.1. The smallest absolute Gasteiger partial charge is 0.163 e. The maximum atomic E-state index is 13.8. The zero-order valence-electron chi connectivity index (χ0n) is 12.1. The number of halogens is 2. The predicted octanol–water partition coefficient (Wildman–Crippen LogP) is 3.62. The molecule has 2 N–H and O–H groups in total. The molecule has 1 heterocycles. The SMILES string of the molecule is CCC1CCCCCN1CC(N)c1cccc(F)c1F. The number of likely N-dealkylation sites (tertiary alicyclic amines) is 1. The lowest BCUT2D eigenvalue weighted by atomic mass is 10.0. The third-order valence-electron chi connectivity index (χ3n) is 4.28. The summed E-state index contributed by atoms with van der Waals surface area (Å²) in [7, 11) is 0. The van der Waals surface area contributed by atoms with E-state index in [2.05, 4.69) is 11.8 Å². The highest BCUT2D eigenvalue weighted by Gasteiger charge is 2.23. The van der Waals surface area contributed by atoms with E-state index in [-0.39, 0.29) is 5.56 Å². The minimum Gasteiger partial charge on any atom is -0.323 e. The van der Waals surface area contributed by atoms with Crippen molar-refractivity contribution in [1.29, 1.82) is 0 Å². The molecule has 0 saturated carbocycles. The van der Waals surface area contributed by atoms with Crippen molar-refractivity contribution in [2.24, 2.45) is 5.73 Å². The van der Waals surface area contributed by atoms with E-state index in [0.29, 0.717) is 12.6 Å². The molecule has 0 spiro atoms. The first kappa shape index (κ1) is 15.4. The van der Waals surface area contributed by atoms with Crippen LogP contribution in [0.15, 0.2) is 18.2 Å². The lowest BCUT2D eigenvalue weighted by Gasteiger charge is -2.31. The van der Waals surface area contributed by atoms with Gasteiger partial charge in [-0.2, -0.15) is 0 Å². The molecule has 2 rings (SSSR count). The van der Waals surface area contributed by atoms with E-state index in [4.69, 9.17) is 5.73 Å². The Bertz CT molecular complexity index is 436. The second kappa shape index (κ2) is 7.14. The number of hydrogen-bond donors (Lipinski definition) is 1. The molecule has 1 aliphatic heterocycles. The van der Waals surface area contributed by atoms with Crippen molar-refractivity contribution in [2.75, 3.05) is 13.1 Å². The van der Waals surface area contributed by atoms with Gasteiger partial charge in [-0.05, 0) is 31.9 Å². The highest BCUT2D eigenvalue weighted by molar-refractivity contribution is 5.22. The third kappa shape index (κ3) is 3.55. The Balaban J connectivity index is 2.09. The van der Waals surface area contributed by atoms with Gasteiger partial charge in [0.25, 0.3) is 0 Å². The molecule has 2 nitrogen and oxygen atoms in total. The molecule has 2 unspecified atom stereocenters. The van der Waals surface area contributed by atoms with Crippen molar-refractivity contribution in [3.05, 3.63) is 35.4 Å². The molecular formula is C16H24F2N2. The van der Waals surface area contributed by atoms with Crippen molar-refractivity contribution in [3.8, 4) is 0 Å². The van der Waals surface area contributed by atoms with E-state index >= 15 is 0 Å². The molecule has 0 aromatic heterocycles. The van der Waals surface area contributed by atoms with Crippen LogP contribution in [0, 0.1) is 11.6 Å². The monoisotopic (exact) mass is 282 g/mol. The van der Waals surface area contributed by atoms with Crippen molar-refractivity contribution in [1.82, 2.24) is 4.90 Å². The lowest BCUT2D eigenvalue weighted by Crippen LogP contribution is -2.39. The van der Waals surface area contributed by atoms with Gasteiger partial charge >= 0.3 is 0 Å². The van der Waals surface area contributed by atoms with E-state index in [1.165, 1.54) is 25.3 Å². The maximum Gasteiger partial charge on any atom is 0.163 e. The summed E-state index contributed by atoms with van der Waals surface area (Å²) in [6.45, 7) is 3.78. The fourth-order valence-corrected chi connectivity index (χ4v) is 3.10. The highest BCUT2D eigenvalue weighted by atomic mass is 19.2. The highest BCUT2D eigenvalue weighted by Crippen LogP contribution is 2.23. The number of hydrogen-bond acceptors (Lipinski definition) is 2. The van der Waals surface area contributed by atoms with Crippen LogP contribution in [-0.2, 0) is 0 Å². The van der Waals surface area contributed by atoms with Gasteiger partial charge in [0.2, 0.25) is 0 Å². The largest absolute Gasteiger partial charge is 0.323 e. The van der Waals surface area contributed by atoms with Crippen molar-refractivity contribution in [3.63, 3.8) is 0 Å². The van der Waals surface area contributed by atoms with Crippen LogP contribution in [0.5, 0.6) is 0 Å². The quantitative estimate of drug-likeness (QED) is 0.914. The minimum absolute atomic E-state index is 0.282. The van der Waals surface area contributed by atoms with Crippen molar-refractivity contribution in [2.45, 2.75) is 51.1 Å². The summed E-state index contributed by atoms with van der Waals surface area (Å²) in [6.07, 6.45) is 5.91. The normalized spacial score (nSPS) is 22.5. The standard InChI is InChI=1S/C16H24F2N2/c1-2-12-7-4-3-5-10-20(12)11-15(19)13-8-6-9-14(17)16(13)18/h6,8-9,12,15H,2-5,7,10-11,19H2,1H3. The molecule has 2 atom stereocenters. The first-order valence-corrected chi connectivity index (χ1v) is 7.57. The molecule has 0 radical (unpaired) electrons. The molecule has 20 heavy (non-hydrogen) atoms. The second-order valence-corrected chi connectivity index (χ2v) is 5.66. The topological polar surface area (TPSA) is 29.3 Å². The van der Waals surface area contributed by atoms with E-state index < -0.39 is 17.7 Å². The van der Waals surface area contributed by atoms with Crippen LogP contribution < -0.4 is 5.73 Å². The van der Waals surface area contributed by atoms with E-state index in [9.17, 15) is 8.78 Å². The fraction of sp³-hybridized carbons (Fsp3) is 0.625. The molecule has 1 saturated heterocycles. The van der Waals surface area contributed by atoms with Gasteiger partial charge in [-0.15, -0.1) is 0 Å². The average Bonchev–Trinajstić information content (AvgIpc) is 2.66. The van der Waals surface area contributed by atoms with Crippen LogP contribution >= 0.6 is 0 Å². The van der Waals surface area contributed by atoms with E-state index in [1.54, 1.807) is 6.07 Å². The van der Waals surface area contributed by atoms with Crippen LogP contribution in [0.2, 0.25) is 0 Å². The van der Waals surface area contributed by atoms with Gasteiger partial charge in [-0.25, -0.2) is 8.78 Å². The Labute approximate surface area is 120 Å². The summed E-state index contributed by atoms with van der Waals surface area (Å²) < 4.78 is 27.1. The molecule has 1 aromatic rings. The summed E-state index contributed by atoms with van der Waals surface area (Å²) in [4.78, 5) is 2.35. The summed E-state index contributed by atoms with van der Waals surface area (Å²) >= 11 is 0. The van der Waals surface area contributed by atoms with Crippen molar-refractivity contribution < 1.29 is 8.78 Å². The Kier molecular flexibility index (Phi) is 5.49. The van der Waals surface area contributed by atoms with Crippen molar-refractivity contribution >= 4 is 0 Å². The molecule has 0 amide bonds. The average molecular weight is 282 g/mol. The summed E-state index contributed by atoms with van der Waals surface area (Å²) in [5, 5.41) is 0. The lowest BCUT2D eigenvalue weighted by molar-refractivity contribution is 0.182. The molecular weight excluding hydrogens is 258 g/mol. The van der Waals surface area contributed by atoms with Gasteiger partial charge in [-0.1, -0.05) is 31.9 Å². The van der Waals surface area contributed by atoms with Gasteiger partial charge in [0, 0.05) is 24.2 Å². The van der Waals surface area contributed by atoms with E-state index in [1.807, 2.05) is 0 Å². The van der Waals surface area contributed by atoms with E-state index in [0.717, 1.165) is 25.5 Å². The Hall–Kier alpha value is -1.00. The Morgan fingerprint density at radius 3 is 2.85 bits per heavy atom. The minimum atomic E-state index is -0.819. The van der Waals surface area contributed by atoms with Crippen LogP contribution in [0.3, 0.4) is 0 Å². The van der Waals surface area contributed by atoms with Crippen LogP contribution in [0.25, 0.3) is 0 Å². The molecule has 1 aromatic carbocycles. The summed E-state index contributed by atoms with van der Waals surface area (Å²) in [5.74, 6) is -1.62. The van der Waals surface area contributed by atoms with Crippen LogP contribution in [-0.4, -0.2) is 24.0 Å². The summed E-state index contributed by atoms with van der Waals surface area (Å²) in [5.41, 5.74) is 6.40. The molecule has 4 heteroatoms. The third-order valence-corrected chi connectivity index (χ3v) is 4.28. The van der Waals surface area contributed by atoms with Crippen LogP contribution in [0.1, 0.15) is 50.6 Å². The fourth-order valence-electron chi connectivity index (χ4n) is 3.10. The van der Waals surface area contributed by atoms with Gasteiger partial charge in [0.15, 0.2) is 11.6 Å². The molecule has 0 aliphatic carbocycles. The zero-order chi connectivity index (χ0) is 14.5.